The van der Waals surface area contributed by atoms with Crippen molar-refractivity contribution in [3.63, 3.8) is 0 Å². The smallest absolute Gasteiger partial charge is 0.245 e. The summed E-state index contributed by atoms with van der Waals surface area (Å²) >= 11 is 2.20. The largest absolute Gasteiger partial charge is 0.493 e. The zero-order chi connectivity index (χ0) is 23.0. The van der Waals surface area contributed by atoms with Crippen molar-refractivity contribution in [1.29, 1.82) is 0 Å². The van der Waals surface area contributed by atoms with Crippen LogP contribution in [0.1, 0.15) is 11.1 Å². The molecule has 2 aromatic carbocycles. The highest BCUT2D eigenvalue weighted by molar-refractivity contribution is 14.1. The predicted molar refractivity (Wildman–Crippen MR) is 133 cm³/mol. The summed E-state index contributed by atoms with van der Waals surface area (Å²) in [6, 6.07) is 13.7. The third-order valence-electron chi connectivity index (χ3n) is 4.89. The lowest BCUT2D eigenvalue weighted by Crippen LogP contribution is -2.37. The van der Waals surface area contributed by atoms with Crippen molar-refractivity contribution in [1.82, 2.24) is 9.97 Å². The molecule has 4 rings (SSSR count). The Morgan fingerprint density at radius 3 is 2.79 bits per heavy atom. The maximum Gasteiger partial charge on any atom is 0.245 e. The Labute approximate surface area is 204 Å². The average Bonchev–Trinajstić information content (AvgIpc) is 2.85. The number of nitrogens with one attached hydrogen (secondary N) is 1. The number of rotatable bonds is 8. The van der Waals surface area contributed by atoms with Gasteiger partial charge in [-0.1, -0.05) is 30.3 Å². The summed E-state index contributed by atoms with van der Waals surface area (Å²) in [6.07, 6.45) is 2.76. The van der Waals surface area contributed by atoms with Crippen LogP contribution in [0.2, 0.25) is 0 Å². The Hall–Kier alpha value is -2.99. The fourth-order valence-corrected chi connectivity index (χ4v) is 4.04. The van der Waals surface area contributed by atoms with Crippen LogP contribution < -0.4 is 19.8 Å². The first kappa shape index (κ1) is 23.2. The molecule has 0 spiro atoms. The van der Waals surface area contributed by atoms with Crippen LogP contribution in [0.3, 0.4) is 0 Å². The molecule has 0 unspecified atom stereocenters. The standard InChI is InChI=1S/C23H23FIN5O3/c1-31-20-12-17(11-19(25)21(20)33-15-16-5-3-2-4-6-16)13-27-29-23-26-14-18(24)22(28-23)30-7-9-32-10-8-30/h2-6,11-14H,7-10,15H2,1H3,(H,26,28,29)/b27-13-. The van der Waals surface area contributed by atoms with Gasteiger partial charge in [-0.2, -0.15) is 10.1 Å². The Kier molecular flexibility index (Phi) is 7.89. The van der Waals surface area contributed by atoms with E-state index in [0.29, 0.717) is 44.4 Å². The van der Waals surface area contributed by atoms with E-state index in [1.807, 2.05) is 47.4 Å². The fraction of sp³-hybridized carbons (Fsp3) is 0.261. The molecule has 1 aliphatic rings. The molecule has 1 N–H and O–H groups in total. The Morgan fingerprint density at radius 2 is 2.03 bits per heavy atom. The van der Waals surface area contributed by atoms with Crippen LogP contribution in [0.4, 0.5) is 16.2 Å². The number of benzene rings is 2. The molecule has 1 fully saturated rings. The molecule has 172 valence electrons. The maximum atomic E-state index is 14.2. The summed E-state index contributed by atoms with van der Waals surface area (Å²) in [5, 5.41) is 4.20. The van der Waals surface area contributed by atoms with Gasteiger partial charge in [0.15, 0.2) is 23.1 Å². The van der Waals surface area contributed by atoms with Crippen molar-refractivity contribution in [3.05, 3.63) is 69.2 Å². The number of hydrogen-bond donors (Lipinski definition) is 1. The second-order valence-electron chi connectivity index (χ2n) is 7.14. The van der Waals surface area contributed by atoms with Crippen LogP contribution in [-0.4, -0.2) is 49.6 Å². The number of hydrazone groups is 1. The molecule has 1 aromatic heterocycles. The van der Waals surface area contributed by atoms with Gasteiger partial charge < -0.3 is 19.1 Å². The van der Waals surface area contributed by atoms with Gasteiger partial charge in [-0.3, -0.25) is 0 Å². The third-order valence-corrected chi connectivity index (χ3v) is 5.69. The monoisotopic (exact) mass is 563 g/mol. The molecule has 10 heteroatoms. The quantitative estimate of drug-likeness (QED) is 0.251. The highest BCUT2D eigenvalue weighted by Gasteiger charge is 2.18. The lowest BCUT2D eigenvalue weighted by Gasteiger charge is -2.27. The summed E-state index contributed by atoms with van der Waals surface area (Å²) < 4.78 is 31.9. The van der Waals surface area contributed by atoms with Crippen LogP contribution in [0.15, 0.2) is 53.8 Å². The highest BCUT2D eigenvalue weighted by Crippen LogP contribution is 2.34. The van der Waals surface area contributed by atoms with E-state index in [2.05, 4.69) is 43.1 Å². The van der Waals surface area contributed by atoms with Gasteiger partial charge in [0.2, 0.25) is 5.95 Å². The van der Waals surface area contributed by atoms with Crippen LogP contribution in [0, 0.1) is 9.39 Å². The molecule has 0 amide bonds. The van der Waals surface area contributed by atoms with Gasteiger partial charge in [-0.15, -0.1) is 0 Å². The summed E-state index contributed by atoms with van der Waals surface area (Å²) in [4.78, 5) is 10.1. The number of ether oxygens (including phenoxy) is 3. The van der Waals surface area contributed by atoms with Crippen molar-refractivity contribution in [2.45, 2.75) is 6.61 Å². The Bertz CT molecular complexity index is 1110. The zero-order valence-corrected chi connectivity index (χ0v) is 20.2. The van der Waals surface area contributed by atoms with Crippen molar-refractivity contribution >= 4 is 40.6 Å². The predicted octanol–water partition coefficient (Wildman–Crippen LogP) is 4.09. The van der Waals surface area contributed by atoms with Gasteiger partial charge >= 0.3 is 0 Å². The van der Waals surface area contributed by atoms with Crippen molar-refractivity contribution in [2.75, 3.05) is 43.7 Å². The number of morpholine rings is 1. The topological polar surface area (TPSA) is 81.1 Å². The molecule has 1 aliphatic heterocycles. The molecule has 1 saturated heterocycles. The molecule has 8 nitrogen and oxygen atoms in total. The van der Waals surface area contributed by atoms with E-state index in [1.165, 1.54) is 0 Å². The summed E-state index contributed by atoms with van der Waals surface area (Å²) in [7, 11) is 1.60. The van der Waals surface area contributed by atoms with Gasteiger partial charge in [-0.25, -0.2) is 14.8 Å². The van der Waals surface area contributed by atoms with E-state index >= 15 is 0 Å². The van der Waals surface area contributed by atoms with Crippen LogP contribution in [-0.2, 0) is 11.3 Å². The van der Waals surface area contributed by atoms with E-state index in [4.69, 9.17) is 14.2 Å². The van der Waals surface area contributed by atoms with E-state index < -0.39 is 5.82 Å². The third kappa shape index (κ3) is 6.08. The number of aromatic nitrogens is 2. The molecule has 0 radical (unpaired) electrons. The molecule has 33 heavy (non-hydrogen) atoms. The summed E-state index contributed by atoms with van der Waals surface area (Å²) in [5.41, 5.74) is 4.63. The minimum Gasteiger partial charge on any atom is -0.493 e. The summed E-state index contributed by atoms with van der Waals surface area (Å²) in [5.74, 6) is 1.24. The lowest BCUT2D eigenvalue weighted by molar-refractivity contribution is 0.122. The van der Waals surface area contributed by atoms with Gasteiger partial charge in [0.25, 0.3) is 0 Å². The number of nitrogens with zero attached hydrogens (tertiary/aromatic N) is 4. The summed E-state index contributed by atoms with van der Waals surface area (Å²) in [6.45, 7) is 2.67. The number of halogens is 2. The molecule has 3 aromatic rings. The molecule has 0 bridgehead atoms. The van der Waals surface area contributed by atoms with Gasteiger partial charge in [0, 0.05) is 13.1 Å². The van der Waals surface area contributed by atoms with Crippen LogP contribution in [0.5, 0.6) is 11.5 Å². The SMILES string of the molecule is COc1cc(/C=N\Nc2ncc(F)c(N3CCOCC3)n2)cc(I)c1OCc1ccccc1. The Balaban J connectivity index is 1.44. The average molecular weight is 563 g/mol. The molecular formula is C23H23FIN5O3. The minimum atomic E-state index is -0.475. The van der Waals surface area contributed by atoms with E-state index in [-0.39, 0.29) is 11.8 Å². The highest BCUT2D eigenvalue weighted by atomic mass is 127. The first-order valence-electron chi connectivity index (χ1n) is 10.3. The van der Waals surface area contributed by atoms with Crippen molar-refractivity contribution in [2.24, 2.45) is 5.10 Å². The zero-order valence-electron chi connectivity index (χ0n) is 18.0. The molecule has 2 heterocycles. The molecule has 0 aliphatic carbocycles. The van der Waals surface area contributed by atoms with Gasteiger partial charge in [0.1, 0.15) is 6.61 Å². The maximum absolute atomic E-state index is 14.2. The van der Waals surface area contributed by atoms with Crippen molar-refractivity contribution in [3.8, 4) is 11.5 Å². The molecular weight excluding hydrogens is 540 g/mol. The number of hydrogen-bond acceptors (Lipinski definition) is 8. The van der Waals surface area contributed by atoms with E-state index in [1.54, 1.807) is 13.3 Å². The van der Waals surface area contributed by atoms with Gasteiger partial charge in [-0.05, 0) is 45.9 Å². The molecule has 0 atom stereocenters. The van der Waals surface area contributed by atoms with Crippen molar-refractivity contribution < 1.29 is 18.6 Å². The van der Waals surface area contributed by atoms with Crippen LogP contribution in [0.25, 0.3) is 0 Å². The second-order valence-corrected chi connectivity index (χ2v) is 8.31. The van der Waals surface area contributed by atoms with E-state index in [9.17, 15) is 4.39 Å². The molecule has 0 saturated carbocycles. The van der Waals surface area contributed by atoms with E-state index in [0.717, 1.165) is 20.9 Å². The first-order valence-corrected chi connectivity index (χ1v) is 11.4. The van der Waals surface area contributed by atoms with Gasteiger partial charge in [0.05, 0.1) is 36.3 Å². The van der Waals surface area contributed by atoms with Crippen LogP contribution >= 0.6 is 22.6 Å². The fourth-order valence-electron chi connectivity index (χ4n) is 3.26. The normalized spacial score (nSPS) is 13.8. The minimum absolute atomic E-state index is 0.207. The number of methoxy groups -OCH3 is 1. The first-order chi connectivity index (χ1) is 16.1. The number of anilines is 2. The Morgan fingerprint density at radius 1 is 1.24 bits per heavy atom. The lowest BCUT2D eigenvalue weighted by atomic mass is 10.2. The second kappa shape index (κ2) is 11.2.